The average Bonchev–Trinajstić information content (AvgIpc) is 2.79. The van der Waals surface area contributed by atoms with Crippen molar-refractivity contribution in [3.05, 3.63) is 52.4 Å². The summed E-state index contributed by atoms with van der Waals surface area (Å²) in [6.07, 6.45) is 8.92. The van der Waals surface area contributed by atoms with Crippen LogP contribution in [0.4, 0.5) is 5.82 Å². The standard InChI is InChI=1S/C23H29N5OS/c1-2-13-30-23-26-21(25-14-17-9-5-3-6-10-17)20-22(27-23)28(19(29)15-24-20)16-18-11-7-4-8-12-18/h4,7-8,11-12,15,17H,2-3,5-6,9-10,13-14,16H2,1H3,(H,25,26,27). The molecule has 7 heteroatoms. The zero-order valence-corrected chi connectivity index (χ0v) is 18.3. The molecule has 1 aliphatic carbocycles. The van der Waals surface area contributed by atoms with Gasteiger partial charge < -0.3 is 5.32 Å². The summed E-state index contributed by atoms with van der Waals surface area (Å²) in [6.45, 7) is 3.50. The van der Waals surface area contributed by atoms with Crippen molar-refractivity contribution in [2.75, 3.05) is 17.6 Å². The van der Waals surface area contributed by atoms with Gasteiger partial charge in [0.05, 0.1) is 12.7 Å². The van der Waals surface area contributed by atoms with Crippen molar-refractivity contribution in [1.82, 2.24) is 19.5 Å². The number of anilines is 1. The maximum absolute atomic E-state index is 12.7. The second-order valence-corrected chi connectivity index (χ2v) is 8.99. The molecule has 158 valence electrons. The molecule has 0 radical (unpaired) electrons. The summed E-state index contributed by atoms with van der Waals surface area (Å²) in [5.74, 6) is 2.35. The molecule has 30 heavy (non-hydrogen) atoms. The number of hydrogen-bond donors (Lipinski definition) is 1. The van der Waals surface area contributed by atoms with Crippen molar-refractivity contribution in [3.63, 3.8) is 0 Å². The van der Waals surface area contributed by atoms with E-state index in [1.807, 2.05) is 30.3 Å². The fourth-order valence-corrected chi connectivity index (χ4v) is 4.65. The fraction of sp³-hybridized carbons (Fsp3) is 0.478. The van der Waals surface area contributed by atoms with Crippen LogP contribution in [0.15, 0.2) is 46.5 Å². The van der Waals surface area contributed by atoms with E-state index in [9.17, 15) is 4.79 Å². The molecule has 3 aromatic rings. The Morgan fingerprint density at radius 1 is 1.13 bits per heavy atom. The van der Waals surface area contributed by atoms with Crippen LogP contribution in [0.5, 0.6) is 0 Å². The minimum absolute atomic E-state index is 0.144. The molecule has 0 unspecified atom stereocenters. The Bertz CT molecular complexity index is 1030. The quantitative estimate of drug-likeness (QED) is 0.417. The third-order valence-electron chi connectivity index (χ3n) is 5.57. The Hall–Kier alpha value is -2.41. The lowest BCUT2D eigenvalue weighted by Gasteiger charge is -2.22. The van der Waals surface area contributed by atoms with Crippen molar-refractivity contribution >= 4 is 28.7 Å². The molecule has 4 rings (SSSR count). The van der Waals surface area contributed by atoms with Gasteiger partial charge in [0.2, 0.25) is 0 Å². The molecule has 0 spiro atoms. The predicted octanol–water partition coefficient (Wildman–Crippen LogP) is 4.73. The molecule has 6 nitrogen and oxygen atoms in total. The fourth-order valence-electron chi connectivity index (χ4n) is 3.96. The van der Waals surface area contributed by atoms with E-state index in [1.165, 1.54) is 38.3 Å². The minimum atomic E-state index is -0.144. The van der Waals surface area contributed by atoms with E-state index in [4.69, 9.17) is 9.97 Å². The molecule has 1 fully saturated rings. The van der Waals surface area contributed by atoms with Gasteiger partial charge in [-0.1, -0.05) is 68.3 Å². The molecule has 0 bridgehead atoms. The molecule has 0 atom stereocenters. The van der Waals surface area contributed by atoms with Crippen molar-refractivity contribution in [1.29, 1.82) is 0 Å². The molecular formula is C23H29N5OS. The number of nitrogens with zero attached hydrogens (tertiary/aromatic N) is 4. The highest BCUT2D eigenvalue weighted by Gasteiger charge is 2.17. The van der Waals surface area contributed by atoms with Crippen LogP contribution in [0.25, 0.3) is 11.2 Å². The van der Waals surface area contributed by atoms with Gasteiger partial charge in [-0.2, -0.15) is 0 Å². The Labute approximate surface area is 181 Å². The van der Waals surface area contributed by atoms with Gasteiger partial charge in [-0.15, -0.1) is 0 Å². The Balaban J connectivity index is 1.71. The smallest absolute Gasteiger partial charge is 0.270 e. The van der Waals surface area contributed by atoms with Crippen LogP contribution in [-0.2, 0) is 6.54 Å². The van der Waals surface area contributed by atoms with Gasteiger partial charge in [0, 0.05) is 12.3 Å². The van der Waals surface area contributed by atoms with E-state index < -0.39 is 0 Å². The van der Waals surface area contributed by atoms with Crippen LogP contribution in [-0.4, -0.2) is 31.8 Å². The SMILES string of the molecule is CCCSc1nc(NCC2CCCCC2)c2ncc(=O)n(Cc3ccccc3)c2n1. The molecule has 2 heterocycles. The van der Waals surface area contributed by atoms with E-state index >= 15 is 0 Å². The highest BCUT2D eigenvalue weighted by atomic mass is 32.2. The summed E-state index contributed by atoms with van der Waals surface area (Å²) in [7, 11) is 0. The van der Waals surface area contributed by atoms with Gasteiger partial charge in [0.25, 0.3) is 5.56 Å². The van der Waals surface area contributed by atoms with Gasteiger partial charge >= 0.3 is 0 Å². The van der Waals surface area contributed by atoms with Crippen molar-refractivity contribution in [3.8, 4) is 0 Å². The summed E-state index contributed by atoms with van der Waals surface area (Å²) in [5.41, 5.74) is 2.19. The lowest BCUT2D eigenvalue weighted by molar-refractivity contribution is 0.373. The number of hydrogen-bond acceptors (Lipinski definition) is 6. The van der Waals surface area contributed by atoms with Crippen LogP contribution in [0, 0.1) is 5.92 Å². The summed E-state index contributed by atoms with van der Waals surface area (Å²) in [6, 6.07) is 9.99. The van der Waals surface area contributed by atoms with E-state index in [1.54, 1.807) is 16.3 Å². The average molecular weight is 424 g/mol. The topological polar surface area (TPSA) is 72.7 Å². The number of nitrogens with one attached hydrogen (secondary N) is 1. The molecule has 1 aliphatic rings. The summed E-state index contributed by atoms with van der Waals surface area (Å²) >= 11 is 1.63. The van der Waals surface area contributed by atoms with Gasteiger partial charge in [0.1, 0.15) is 5.52 Å². The first-order valence-corrected chi connectivity index (χ1v) is 11.9. The predicted molar refractivity (Wildman–Crippen MR) is 123 cm³/mol. The van der Waals surface area contributed by atoms with Crippen molar-refractivity contribution in [2.24, 2.45) is 5.92 Å². The monoisotopic (exact) mass is 423 g/mol. The molecule has 1 aromatic carbocycles. The zero-order chi connectivity index (χ0) is 20.8. The zero-order valence-electron chi connectivity index (χ0n) is 17.5. The largest absolute Gasteiger partial charge is 0.368 e. The van der Waals surface area contributed by atoms with E-state index in [-0.39, 0.29) is 5.56 Å². The van der Waals surface area contributed by atoms with Crippen molar-refractivity contribution < 1.29 is 0 Å². The Morgan fingerprint density at radius 3 is 2.70 bits per heavy atom. The molecule has 2 aromatic heterocycles. The highest BCUT2D eigenvalue weighted by Crippen LogP contribution is 2.26. The number of rotatable bonds is 8. The molecule has 1 N–H and O–H groups in total. The van der Waals surface area contributed by atoms with Gasteiger partial charge in [0.15, 0.2) is 16.6 Å². The maximum Gasteiger partial charge on any atom is 0.270 e. The second kappa shape index (κ2) is 10.1. The first-order chi connectivity index (χ1) is 14.7. The van der Waals surface area contributed by atoms with Crippen LogP contribution in [0.3, 0.4) is 0 Å². The van der Waals surface area contributed by atoms with Crippen molar-refractivity contribution in [2.45, 2.75) is 57.1 Å². The lowest BCUT2D eigenvalue weighted by atomic mass is 9.89. The van der Waals surface area contributed by atoms with E-state index in [2.05, 4.69) is 17.2 Å². The highest BCUT2D eigenvalue weighted by molar-refractivity contribution is 7.99. The Kier molecular flexibility index (Phi) is 7.00. The minimum Gasteiger partial charge on any atom is -0.368 e. The van der Waals surface area contributed by atoms with E-state index in [0.717, 1.165) is 30.1 Å². The summed E-state index contributed by atoms with van der Waals surface area (Å²) in [5, 5.41) is 4.24. The van der Waals surface area contributed by atoms with Crippen LogP contribution >= 0.6 is 11.8 Å². The molecule has 0 saturated heterocycles. The van der Waals surface area contributed by atoms with Crippen LogP contribution < -0.4 is 10.9 Å². The number of thioether (sulfide) groups is 1. The molecule has 0 aliphatic heterocycles. The van der Waals surface area contributed by atoms with Crippen LogP contribution in [0.2, 0.25) is 0 Å². The number of benzene rings is 1. The molecule has 0 amide bonds. The molecule has 1 saturated carbocycles. The molecular weight excluding hydrogens is 394 g/mol. The first kappa shape index (κ1) is 20.8. The summed E-state index contributed by atoms with van der Waals surface area (Å²) in [4.78, 5) is 26.6. The third-order valence-corrected chi connectivity index (χ3v) is 6.63. The normalized spacial score (nSPS) is 14.8. The van der Waals surface area contributed by atoms with Crippen LogP contribution in [0.1, 0.15) is 51.0 Å². The van der Waals surface area contributed by atoms with Gasteiger partial charge in [-0.25, -0.2) is 15.0 Å². The van der Waals surface area contributed by atoms with Gasteiger partial charge in [-0.3, -0.25) is 9.36 Å². The third kappa shape index (κ3) is 5.01. The van der Waals surface area contributed by atoms with Gasteiger partial charge in [-0.05, 0) is 30.7 Å². The lowest BCUT2D eigenvalue weighted by Crippen LogP contribution is -2.23. The first-order valence-electron chi connectivity index (χ1n) is 10.9. The van der Waals surface area contributed by atoms with E-state index in [0.29, 0.717) is 28.8 Å². The summed E-state index contributed by atoms with van der Waals surface area (Å²) < 4.78 is 1.71. The maximum atomic E-state index is 12.7. The second-order valence-electron chi connectivity index (χ2n) is 7.93. The Morgan fingerprint density at radius 2 is 1.93 bits per heavy atom. The number of fused-ring (bicyclic) bond motifs is 1. The number of aromatic nitrogens is 4.